The van der Waals surface area contributed by atoms with E-state index in [2.05, 4.69) is 97.1 Å². The first-order chi connectivity index (χ1) is 28.2. The van der Waals surface area contributed by atoms with Gasteiger partial charge in [0.1, 0.15) is 0 Å². The number of para-hydroxylation sites is 1. The predicted molar refractivity (Wildman–Crippen MR) is 217 cm³/mol. The van der Waals surface area contributed by atoms with Crippen LogP contribution in [0, 0.1) is 20.4 Å². The van der Waals surface area contributed by atoms with E-state index in [1.165, 1.54) is 17.7 Å². The van der Waals surface area contributed by atoms with Crippen LogP contribution in [-0.2, 0) is 10.2 Å². The van der Waals surface area contributed by atoms with Crippen molar-refractivity contribution >= 4 is 28.4 Å². The number of aromatic nitrogens is 1. The van der Waals surface area contributed by atoms with Crippen LogP contribution in [0.3, 0.4) is 0 Å². The van der Waals surface area contributed by atoms with Gasteiger partial charge in [0.15, 0.2) is 5.78 Å². The number of hydrogen-bond donors (Lipinski definition) is 0. The number of benzene rings is 5. The molecule has 0 atom stereocenters. The number of nitro benzene ring substituents is 1. The molecule has 0 saturated carbocycles. The molecule has 0 amide bonds. The zero-order valence-electron chi connectivity index (χ0n) is 32.3. The van der Waals surface area contributed by atoms with Crippen LogP contribution >= 0.6 is 0 Å². The monoisotopic (exact) mass is 803 g/mol. The largest absolute Gasteiger partial charge is 0.347 e. The molecule has 0 spiro atoms. The Hall–Kier alpha value is -6.79. The Balaban J connectivity index is 0.000000997. The fourth-order valence-corrected chi connectivity index (χ4v) is 7.65. The number of halogens is 1. The molecule has 1 aromatic heterocycles. The van der Waals surface area contributed by atoms with Crippen molar-refractivity contribution < 1.29 is 43.2 Å². The number of ketones is 1. The minimum Gasteiger partial charge on any atom is -0.347 e. The fourth-order valence-electron chi connectivity index (χ4n) is 7.65. The van der Waals surface area contributed by atoms with Crippen LogP contribution in [0.5, 0.6) is 0 Å². The average molecular weight is 804 g/mol. The Kier molecular flexibility index (Phi) is 11.4. The van der Waals surface area contributed by atoms with E-state index >= 15 is 0 Å². The molecule has 5 aromatic carbocycles. The van der Waals surface area contributed by atoms with Crippen LogP contribution < -0.4 is 28.1 Å². The lowest BCUT2D eigenvalue weighted by molar-refractivity contribution is -2.00. The lowest BCUT2D eigenvalue weighted by atomic mass is 9.83. The number of anilines is 1. The molecule has 10 nitrogen and oxygen atoms in total. The maximum Gasteiger partial charge on any atom is 0.269 e. The minimum absolute atomic E-state index is 0.0391. The zero-order valence-corrected chi connectivity index (χ0v) is 33.1. The van der Waals surface area contributed by atoms with Gasteiger partial charge in [-0.2, -0.15) is 4.57 Å². The highest BCUT2D eigenvalue weighted by atomic mass is 35.7. The van der Waals surface area contributed by atoms with Crippen molar-refractivity contribution in [3.63, 3.8) is 0 Å². The number of nitro groups is 1. The number of rotatable bonds is 7. The zero-order chi connectivity index (χ0) is 41.9. The molecule has 6 aromatic rings. The Labute approximate surface area is 343 Å². The van der Waals surface area contributed by atoms with Crippen molar-refractivity contribution in [2.45, 2.75) is 19.3 Å². The number of fused-ring (bicyclic) bond motifs is 1. The van der Waals surface area contributed by atoms with Gasteiger partial charge in [-0.1, -0.05) is 98.8 Å². The van der Waals surface area contributed by atoms with Crippen molar-refractivity contribution in [2.75, 3.05) is 11.9 Å². The molecule has 11 heteroatoms. The molecule has 0 N–H and O–H groups in total. The molecular weight excluding hydrogens is 766 g/mol. The SMILES string of the molecule is CN1/C(=C\C=C2\C=C([n+]3c(-c4ccccc4)cc(-c4ccc([N+](=O)[O-])cc4)cc3-c3ccccc3)C=C(c3ccccc3)C2=O)C(C)(C)c2ccccc21.[O-][Cl+3]([O-])([O-])[O-]. The number of likely N-dealkylation sites (N-methyl/N-ethyl adjacent to an activating group) is 1. The molecule has 294 valence electrons. The summed E-state index contributed by atoms with van der Waals surface area (Å²) in [7, 11) is -2.86. The third-order valence-corrected chi connectivity index (χ3v) is 10.4. The smallest absolute Gasteiger partial charge is 0.269 e. The second-order valence-corrected chi connectivity index (χ2v) is 15.2. The molecule has 0 fully saturated rings. The number of pyridine rings is 1. The summed E-state index contributed by atoms with van der Waals surface area (Å²) in [5.41, 5.74) is 11.7. The van der Waals surface area contributed by atoms with Gasteiger partial charge in [-0.05, 0) is 76.9 Å². The van der Waals surface area contributed by atoms with E-state index in [1.54, 1.807) is 12.1 Å². The Morgan fingerprint density at radius 2 is 1.12 bits per heavy atom. The van der Waals surface area contributed by atoms with E-state index in [9.17, 15) is 14.9 Å². The topological polar surface area (TPSA) is 160 Å². The lowest BCUT2D eigenvalue weighted by Crippen LogP contribution is -2.68. The molecule has 1 aliphatic carbocycles. The van der Waals surface area contributed by atoms with Gasteiger partial charge in [0.2, 0.25) is 17.1 Å². The third-order valence-electron chi connectivity index (χ3n) is 10.4. The predicted octanol–water partition coefficient (Wildman–Crippen LogP) is 5.87. The summed E-state index contributed by atoms with van der Waals surface area (Å²) in [4.78, 5) is 27.8. The Bertz CT molecular complexity index is 2600. The lowest BCUT2D eigenvalue weighted by Gasteiger charge is -2.24. The highest BCUT2D eigenvalue weighted by Crippen LogP contribution is 2.47. The molecule has 0 unspecified atom stereocenters. The van der Waals surface area contributed by atoms with E-state index in [4.69, 9.17) is 18.6 Å². The molecule has 0 saturated heterocycles. The first-order valence-electron chi connectivity index (χ1n) is 18.6. The van der Waals surface area contributed by atoms with Crippen molar-refractivity contribution in [1.82, 2.24) is 0 Å². The molecule has 8 rings (SSSR count). The van der Waals surface area contributed by atoms with E-state index in [-0.39, 0.29) is 21.8 Å². The maximum atomic E-state index is 14.5. The van der Waals surface area contributed by atoms with Gasteiger partial charge in [-0.3, -0.25) is 14.9 Å². The van der Waals surface area contributed by atoms with Gasteiger partial charge in [0, 0.05) is 82.5 Å². The highest BCUT2D eigenvalue weighted by molar-refractivity contribution is 6.32. The molecule has 0 radical (unpaired) electrons. The number of Topliss-reactive ketones (excluding diaryl/α,β-unsaturated/α-hetero) is 1. The quantitative estimate of drug-likeness (QED) is 0.0839. The summed E-state index contributed by atoms with van der Waals surface area (Å²) >= 11 is 0. The summed E-state index contributed by atoms with van der Waals surface area (Å²) in [5, 5.41) is 11.5. The maximum absolute atomic E-state index is 14.5. The van der Waals surface area contributed by atoms with Gasteiger partial charge in [-0.25, -0.2) is 18.6 Å². The first-order valence-corrected chi connectivity index (χ1v) is 19.8. The van der Waals surface area contributed by atoms with Crippen molar-refractivity contribution in [3.05, 3.63) is 208 Å². The molecule has 59 heavy (non-hydrogen) atoms. The number of carbonyl (C=O) groups excluding carboxylic acids is 1. The summed E-state index contributed by atoms with van der Waals surface area (Å²) in [6.45, 7) is 4.44. The molecular formula is C48H38ClN3O7. The van der Waals surface area contributed by atoms with Crippen LogP contribution in [0.2, 0.25) is 0 Å². The summed E-state index contributed by atoms with van der Waals surface area (Å²) in [6.07, 6.45) is 8.04. The normalized spacial score (nSPS) is 15.9. The molecule has 2 heterocycles. The molecule has 0 bridgehead atoms. The van der Waals surface area contributed by atoms with E-state index in [0.29, 0.717) is 11.1 Å². The summed E-state index contributed by atoms with van der Waals surface area (Å²) in [6, 6.07) is 49.5. The van der Waals surface area contributed by atoms with E-state index in [1.807, 2.05) is 85.0 Å². The number of carbonyl (C=O) groups is 1. The van der Waals surface area contributed by atoms with Crippen LogP contribution in [0.25, 0.3) is 44.9 Å². The second kappa shape index (κ2) is 16.6. The van der Waals surface area contributed by atoms with Crippen LogP contribution in [0.4, 0.5) is 11.4 Å². The van der Waals surface area contributed by atoms with Gasteiger partial charge >= 0.3 is 0 Å². The van der Waals surface area contributed by atoms with Crippen molar-refractivity contribution in [1.29, 1.82) is 0 Å². The van der Waals surface area contributed by atoms with Gasteiger partial charge < -0.3 is 4.90 Å². The summed E-state index contributed by atoms with van der Waals surface area (Å²) < 4.78 is 36.2. The minimum atomic E-state index is -4.94. The third kappa shape index (κ3) is 8.73. The average Bonchev–Trinajstić information content (AvgIpc) is 3.43. The summed E-state index contributed by atoms with van der Waals surface area (Å²) in [5.74, 6) is -0.0524. The second-order valence-electron chi connectivity index (χ2n) is 14.5. The Morgan fingerprint density at radius 3 is 1.63 bits per heavy atom. The standard InChI is InChI=1S/C48H38N3O3.ClHO4/c1-48(2)42-21-13-14-22-43(42)49(3)46(48)28-25-37-29-40(32-41(47(37)52)34-15-7-4-8-16-34)50-44(35-17-9-5-10-18-35)30-38(31-45(50)36-19-11-6-12-20-36)33-23-26-39(27-24-33)51(53)54;2-1(3,4)5/h4-32H,1-3H3;(H,2,3,4,5)/q+1;/p-1/b37-25-,46-28-;. The van der Waals surface area contributed by atoms with E-state index in [0.717, 1.165) is 56.3 Å². The molecule has 1 aliphatic heterocycles. The molecule has 2 aliphatic rings. The van der Waals surface area contributed by atoms with Gasteiger partial charge in [-0.15, -0.1) is 10.2 Å². The number of nitrogens with zero attached hydrogens (tertiary/aromatic N) is 3. The van der Waals surface area contributed by atoms with Crippen LogP contribution in [0.15, 0.2) is 187 Å². The number of non-ortho nitro benzene ring substituents is 1. The Morgan fingerprint density at radius 1 is 0.627 bits per heavy atom. The van der Waals surface area contributed by atoms with Crippen LogP contribution in [-0.4, -0.2) is 17.8 Å². The first kappa shape index (κ1) is 40.4. The highest BCUT2D eigenvalue weighted by Gasteiger charge is 2.38. The van der Waals surface area contributed by atoms with Crippen LogP contribution in [0.1, 0.15) is 25.0 Å². The van der Waals surface area contributed by atoms with E-state index < -0.39 is 10.2 Å². The number of hydrogen-bond acceptors (Lipinski definition) is 8. The van der Waals surface area contributed by atoms with Gasteiger partial charge in [0.25, 0.3) is 5.69 Å². The van der Waals surface area contributed by atoms with Gasteiger partial charge in [0.05, 0.1) is 4.92 Å². The number of allylic oxidation sites excluding steroid dienone is 8. The van der Waals surface area contributed by atoms with Crippen molar-refractivity contribution in [2.24, 2.45) is 0 Å². The fraction of sp³-hybridized carbons (Fsp3) is 0.0833. The van der Waals surface area contributed by atoms with Crippen molar-refractivity contribution in [3.8, 4) is 33.6 Å².